The van der Waals surface area contributed by atoms with Crippen molar-refractivity contribution in [1.82, 2.24) is 9.13 Å². The van der Waals surface area contributed by atoms with E-state index in [1.54, 1.807) is 14.0 Å². The first-order chi connectivity index (χ1) is 12.3. The molecule has 8 heteroatoms. The van der Waals surface area contributed by atoms with Gasteiger partial charge in [0.05, 0.1) is 24.2 Å². The van der Waals surface area contributed by atoms with Gasteiger partial charge in [0.15, 0.2) is 0 Å². The molecule has 0 unspecified atom stereocenters. The molecule has 1 atom stereocenters. The average molecular weight is 420 g/mol. The fourth-order valence-corrected chi connectivity index (χ4v) is 3.70. The molecule has 3 rings (SSSR count). The summed E-state index contributed by atoms with van der Waals surface area (Å²) < 4.78 is 8.19. The molecule has 136 valence electrons. The van der Waals surface area contributed by atoms with Crippen LogP contribution in [0.25, 0.3) is 0 Å². The number of nitrogens with one attached hydrogen (secondary N) is 1. The molecule has 2 heterocycles. The number of methoxy groups -OCH3 is 1. The number of halogens is 1. The molecule has 0 fully saturated rings. The smallest absolute Gasteiger partial charge is 0.336 e. The number of allylic oxidation sites excluding steroid dienone is 1. The normalized spacial score (nSPS) is 16.1. The molecule has 1 aliphatic rings. The molecule has 0 aliphatic carbocycles. The van der Waals surface area contributed by atoms with Crippen molar-refractivity contribution in [3.63, 3.8) is 0 Å². The van der Waals surface area contributed by atoms with Gasteiger partial charge in [-0.25, -0.2) is 9.59 Å². The van der Waals surface area contributed by atoms with Gasteiger partial charge in [0, 0.05) is 24.3 Å². The monoisotopic (exact) mass is 419 g/mol. The standard InChI is InChI=1S/C18H18BrN3O4/c1-9-12(17(24)26-4)13(10-6-5-7-11(19)8-10)14-15(20-9)21(2)18(25)22(3)16(14)23/h5-8,13,20H,1-4H3/t13-/m0/s1. The van der Waals surface area contributed by atoms with Gasteiger partial charge in [-0.05, 0) is 24.6 Å². The molecule has 1 aromatic carbocycles. The van der Waals surface area contributed by atoms with Crippen molar-refractivity contribution in [3.05, 3.63) is 72.0 Å². The van der Waals surface area contributed by atoms with Crippen molar-refractivity contribution in [2.24, 2.45) is 14.1 Å². The highest BCUT2D eigenvalue weighted by atomic mass is 79.9. The van der Waals surface area contributed by atoms with Gasteiger partial charge in [0.1, 0.15) is 5.82 Å². The molecular weight excluding hydrogens is 402 g/mol. The number of esters is 1. The zero-order valence-electron chi connectivity index (χ0n) is 14.8. The Hall–Kier alpha value is -2.61. The van der Waals surface area contributed by atoms with Gasteiger partial charge in [-0.1, -0.05) is 28.1 Å². The van der Waals surface area contributed by atoms with E-state index in [-0.39, 0.29) is 0 Å². The molecule has 1 aliphatic heterocycles. The molecule has 2 aromatic rings. The van der Waals surface area contributed by atoms with Crippen LogP contribution in [0.1, 0.15) is 24.0 Å². The van der Waals surface area contributed by atoms with Crippen LogP contribution in [0.2, 0.25) is 0 Å². The third-order valence-electron chi connectivity index (χ3n) is 4.57. The molecule has 26 heavy (non-hydrogen) atoms. The van der Waals surface area contributed by atoms with Crippen LogP contribution in [0.5, 0.6) is 0 Å². The van der Waals surface area contributed by atoms with Gasteiger partial charge >= 0.3 is 11.7 Å². The predicted molar refractivity (Wildman–Crippen MR) is 101 cm³/mol. The van der Waals surface area contributed by atoms with Crippen molar-refractivity contribution in [2.45, 2.75) is 12.8 Å². The molecule has 7 nitrogen and oxygen atoms in total. The van der Waals surface area contributed by atoms with Crippen LogP contribution < -0.4 is 16.6 Å². The zero-order chi connectivity index (χ0) is 19.2. The van der Waals surface area contributed by atoms with Gasteiger partial charge in [0.2, 0.25) is 0 Å². The lowest BCUT2D eigenvalue weighted by Crippen LogP contribution is -2.43. The second-order valence-corrected chi connectivity index (χ2v) is 7.03. The van der Waals surface area contributed by atoms with Gasteiger partial charge < -0.3 is 10.1 Å². The van der Waals surface area contributed by atoms with E-state index in [0.717, 1.165) is 14.6 Å². The van der Waals surface area contributed by atoms with E-state index in [0.29, 0.717) is 22.7 Å². The Morgan fingerprint density at radius 1 is 1.23 bits per heavy atom. The molecule has 1 aromatic heterocycles. The number of nitrogens with zero attached hydrogens (tertiary/aromatic N) is 2. The van der Waals surface area contributed by atoms with E-state index < -0.39 is 23.1 Å². The minimum absolute atomic E-state index is 0.332. The summed E-state index contributed by atoms with van der Waals surface area (Å²) in [6.07, 6.45) is 0. The SMILES string of the molecule is COC(=O)C1=C(C)Nc2c(c(=O)n(C)c(=O)n2C)[C@H]1c1cccc(Br)c1. The number of anilines is 1. The number of ether oxygens (including phenoxy) is 1. The van der Waals surface area contributed by atoms with E-state index in [1.807, 2.05) is 24.3 Å². The maximum atomic E-state index is 12.9. The summed E-state index contributed by atoms with van der Waals surface area (Å²) in [4.78, 5) is 37.7. The van der Waals surface area contributed by atoms with Gasteiger partial charge in [-0.2, -0.15) is 0 Å². The van der Waals surface area contributed by atoms with E-state index >= 15 is 0 Å². The minimum Gasteiger partial charge on any atom is -0.466 e. The Morgan fingerprint density at radius 3 is 2.54 bits per heavy atom. The first kappa shape index (κ1) is 18.2. The zero-order valence-corrected chi connectivity index (χ0v) is 16.4. The minimum atomic E-state index is -0.651. The highest BCUT2D eigenvalue weighted by molar-refractivity contribution is 9.10. The number of fused-ring (bicyclic) bond motifs is 1. The molecule has 1 N–H and O–H groups in total. The average Bonchev–Trinajstić information content (AvgIpc) is 2.63. The second kappa shape index (κ2) is 6.60. The van der Waals surface area contributed by atoms with Crippen molar-refractivity contribution >= 4 is 27.7 Å². The third-order valence-corrected chi connectivity index (χ3v) is 5.07. The summed E-state index contributed by atoms with van der Waals surface area (Å²) in [7, 11) is 4.31. The lowest BCUT2D eigenvalue weighted by molar-refractivity contribution is -0.136. The number of rotatable bonds is 2. The topological polar surface area (TPSA) is 82.3 Å². The number of aromatic nitrogens is 2. The van der Waals surface area contributed by atoms with Crippen molar-refractivity contribution in [1.29, 1.82) is 0 Å². The first-order valence-corrected chi connectivity index (χ1v) is 8.68. The Balaban J connectivity index is 2.43. The van der Waals surface area contributed by atoms with Gasteiger partial charge in [-0.3, -0.25) is 13.9 Å². The highest BCUT2D eigenvalue weighted by Gasteiger charge is 2.37. The Kier molecular flexibility index (Phi) is 4.62. The Labute approximate surface area is 158 Å². The maximum absolute atomic E-state index is 12.9. The summed E-state index contributed by atoms with van der Waals surface area (Å²) in [5.74, 6) is -0.795. The van der Waals surface area contributed by atoms with E-state index in [9.17, 15) is 14.4 Å². The van der Waals surface area contributed by atoms with Crippen LogP contribution in [0.4, 0.5) is 5.82 Å². The first-order valence-electron chi connectivity index (χ1n) is 7.89. The summed E-state index contributed by atoms with van der Waals surface area (Å²) in [5, 5.41) is 3.03. The fourth-order valence-electron chi connectivity index (χ4n) is 3.29. The van der Waals surface area contributed by atoms with Gasteiger partial charge in [0.25, 0.3) is 5.56 Å². The van der Waals surface area contributed by atoms with Crippen LogP contribution in [-0.2, 0) is 23.6 Å². The number of hydrogen-bond acceptors (Lipinski definition) is 5. The molecule has 0 amide bonds. The summed E-state index contributed by atoms with van der Waals surface area (Å²) in [5.41, 5.74) is 1.07. The van der Waals surface area contributed by atoms with Crippen LogP contribution in [0, 0.1) is 0 Å². The largest absolute Gasteiger partial charge is 0.466 e. The van der Waals surface area contributed by atoms with Crippen LogP contribution in [0.3, 0.4) is 0 Å². The van der Waals surface area contributed by atoms with Crippen molar-refractivity contribution < 1.29 is 9.53 Å². The van der Waals surface area contributed by atoms with Crippen LogP contribution >= 0.6 is 15.9 Å². The maximum Gasteiger partial charge on any atom is 0.336 e. The number of carbonyl (C=O) groups excluding carboxylic acids is 1. The molecule has 0 radical (unpaired) electrons. The highest BCUT2D eigenvalue weighted by Crippen LogP contribution is 2.40. The van der Waals surface area contributed by atoms with Crippen molar-refractivity contribution in [3.8, 4) is 0 Å². The van der Waals surface area contributed by atoms with E-state index in [4.69, 9.17) is 4.74 Å². The molecule has 0 spiro atoms. The second-order valence-electron chi connectivity index (χ2n) is 6.11. The molecule has 0 saturated carbocycles. The summed E-state index contributed by atoms with van der Waals surface area (Å²) in [6.45, 7) is 1.72. The number of carbonyl (C=O) groups is 1. The van der Waals surface area contributed by atoms with Gasteiger partial charge in [-0.15, -0.1) is 0 Å². The van der Waals surface area contributed by atoms with E-state index in [2.05, 4.69) is 21.2 Å². The van der Waals surface area contributed by atoms with Crippen LogP contribution in [0.15, 0.2) is 49.6 Å². The quantitative estimate of drug-likeness (QED) is 0.751. The lowest BCUT2D eigenvalue weighted by Gasteiger charge is -2.30. The molecule has 0 saturated heterocycles. The Bertz CT molecular complexity index is 1070. The lowest BCUT2D eigenvalue weighted by atomic mass is 9.82. The number of hydrogen-bond donors (Lipinski definition) is 1. The Morgan fingerprint density at radius 2 is 1.92 bits per heavy atom. The summed E-state index contributed by atoms with van der Waals surface area (Å²) in [6, 6.07) is 7.38. The van der Waals surface area contributed by atoms with E-state index in [1.165, 1.54) is 18.7 Å². The molecule has 0 bridgehead atoms. The predicted octanol–water partition coefficient (Wildman–Crippen LogP) is 1.85. The third kappa shape index (κ3) is 2.70. The fraction of sp³-hybridized carbons (Fsp3) is 0.278. The van der Waals surface area contributed by atoms with Crippen molar-refractivity contribution in [2.75, 3.05) is 12.4 Å². The molecular formula is C18H18BrN3O4. The van der Waals surface area contributed by atoms with Crippen LogP contribution in [-0.4, -0.2) is 22.2 Å². The number of benzene rings is 1. The summed E-state index contributed by atoms with van der Waals surface area (Å²) >= 11 is 3.43.